The number of nitrogens with zero attached hydrogens (tertiary/aromatic N) is 2. The number of halogens is 4. The van der Waals surface area contributed by atoms with Crippen molar-refractivity contribution in [2.45, 2.75) is 24.0 Å². The number of sulfonamides is 2. The van der Waals surface area contributed by atoms with Gasteiger partial charge in [-0.2, -0.15) is 17.5 Å². The highest BCUT2D eigenvalue weighted by molar-refractivity contribution is 7.92. The maximum absolute atomic E-state index is 13.3. The standard InChI is InChI=1S/C23H27ClF3N3O7S2/c1-16(30(38(2,32)33)17-3-8-21(24)20(15-17)23(25,26)27)22(31)28-9-12-37-18-4-6-19(7-5-18)39(34,35)29-10-13-36-14-11-29/h3-8,15-16H,9-14H2,1-2H3,(H,28,31)/t16-/m0/s1. The van der Waals surface area contributed by atoms with E-state index in [2.05, 4.69) is 5.32 Å². The molecule has 216 valence electrons. The molecular formula is C23H27ClF3N3O7S2. The third-order valence-electron chi connectivity index (χ3n) is 5.70. The van der Waals surface area contributed by atoms with Gasteiger partial charge in [0.15, 0.2) is 0 Å². The average Bonchev–Trinajstić information content (AvgIpc) is 2.87. The third kappa shape index (κ3) is 7.75. The number of morpholine rings is 1. The van der Waals surface area contributed by atoms with Crippen LogP contribution in [0.25, 0.3) is 0 Å². The summed E-state index contributed by atoms with van der Waals surface area (Å²) in [4.78, 5) is 12.8. The normalized spacial score (nSPS) is 15.9. The molecule has 0 saturated carbocycles. The van der Waals surface area contributed by atoms with Crippen molar-refractivity contribution in [1.29, 1.82) is 0 Å². The Kier molecular flexibility index (Phi) is 9.75. The quantitative estimate of drug-likeness (QED) is 0.409. The molecule has 1 amide bonds. The molecule has 0 radical (unpaired) electrons. The molecule has 1 saturated heterocycles. The second-order valence-electron chi connectivity index (χ2n) is 8.52. The molecule has 39 heavy (non-hydrogen) atoms. The lowest BCUT2D eigenvalue weighted by molar-refractivity contribution is -0.137. The zero-order valence-corrected chi connectivity index (χ0v) is 23.3. The number of ether oxygens (including phenoxy) is 2. The molecule has 2 aromatic rings. The maximum Gasteiger partial charge on any atom is 0.417 e. The van der Waals surface area contributed by atoms with Gasteiger partial charge in [-0.1, -0.05) is 11.6 Å². The Hall–Kier alpha value is -2.59. The molecule has 2 aromatic carbocycles. The Morgan fingerprint density at radius 1 is 1.13 bits per heavy atom. The van der Waals surface area contributed by atoms with Gasteiger partial charge < -0.3 is 14.8 Å². The summed E-state index contributed by atoms with van der Waals surface area (Å²) >= 11 is 5.63. The Bertz CT molecular complexity index is 1380. The van der Waals surface area contributed by atoms with Gasteiger partial charge in [0.05, 0.1) is 47.2 Å². The van der Waals surface area contributed by atoms with Gasteiger partial charge in [0.2, 0.25) is 26.0 Å². The smallest absolute Gasteiger partial charge is 0.417 e. The van der Waals surface area contributed by atoms with Crippen LogP contribution >= 0.6 is 11.6 Å². The average molecular weight is 614 g/mol. The molecule has 0 unspecified atom stereocenters. The first-order chi connectivity index (χ1) is 18.1. The monoisotopic (exact) mass is 613 g/mol. The van der Waals surface area contributed by atoms with Gasteiger partial charge in [-0.3, -0.25) is 9.10 Å². The van der Waals surface area contributed by atoms with Gasteiger partial charge in [-0.15, -0.1) is 0 Å². The Labute approximate surface area is 229 Å². The van der Waals surface area contributed by atoms with Crippen LogP contribution < -0.4 is 14.4 Å². The molecule has 3 rings (SSSR count). The molecule has 0 aromatic heterocycles. The van der Waals surface area contributed by atoms with E-state index < -0.39 is 48.8 Å². The van der Waals surface area contributed by atoms with Crippen molar-refractivity contribution in [3.05, 3.63) is 53.1 Å². The molecular weight excluding hydrogens is 587 g/mol. The Balaban J connectivity index is 1.60. The minimum atomic E-state index is -4.83. The van der Waals surface area contributed by atoms with Gasteiger partial charge in [-0.05, 0) is 49.4 Å². The van der Waals surface area contributed by atoms with Crippen LogP contribution in [0.4, 0.5) is 18.9 Å². The fourth-order valence-corrected chi connectivity index (χ4v) is 6.61. The Morgan fingerprint density at radius 2 is 1.74 bits per heavy atom. The summed E-state index contributed by atoms with van der Waals surface area (Å²) in [5.41, 5.74) is -1.61. The highest BCUT2D eigenvalue weighted by Crippen LogP contribution is 2.37. The van der Waals surface area contributed by atoms with Gasteiger partial charge in [0.25, 0.3) is 0 Å². The molecule has 1 aliphatic rings. The van der Waals surface area contributed by atoms with E-state index in [9.17, 15) is 34.8 Å². The minimum absolute atomic E-state index is 0.0495. The largest absolute Gasteiger partial charge is 0.492 e. The number of rotatable bonds is 10. The van der Waals surface area contributed by atoms with Crippen LogP contribution in [-0.2, 0) is 35.8 Å². The summed E-state index contributed by atoms with van der Waals surface area (Å²) < 4.78 is 103. The number of amides is 1. The van der Waals surface area contributed by atoms with E-state index in [1.807, 2.05) is 0 Å². The van der Waals surface area contributed by atoms with E-state index in [0.29, 0.717) is 29.3 Å². The summed E-state index contributed by atoms with van der Waals surface area (Å²) in [7, 11) is -7.83. The lowest BCUT2D eigenvalue weighted by Crippen LogP contribution is -2.48. The molecule has 1 fully saturated rings. The predicted octanol–water partition coefficient (Wildman–Crippen LogP) is 2.73. The first-order valence-electron chi connectivity index (χ1n) is 11.6. The van der Waals surface area contributed by atoms with Crippen molar-refractivity contribution in [3.63, 3.8) is 0 Å². The number of hydrogen-bond acceptors (Lipinski definition) is 7. The molecule has 1 heterocycles. The summed E-state index contributed by atoms with van der Waals surface area (Å²) in [6, 6.07) is 6.87. The molecule has 1 aliphatic heterocycles. The van der Waals surface area contributed by atoms with Crippen LogP contribution in [-0.4, -0.2) is 78.8 Å². The van der Waals surface area contributed by atoms with Crippen LogP contribution in [0.15, 0.2) is 47.4 Å². The minimum Gasteiger partial charge on any atom is -0.492 e. The van der Waals surface area contributed by atoms with E-state index in [0.717, 1.165) is 18.4 Å². The maximum atomic E-state index is 13.3. The molecule has 0 aliphatic carbocycles. The van der Waals surface area contributed by atoms with Crippen molar-refractivity contribution in [3.8, 4) is 5.75 Å². The zero-order chi connectivity index (χ0) is 29.0. The third-order valence-corrected chi connectivity index (χ3v) is 9.18. The van der Waals surface area contributed by atoms with Crippen molar-refractivity contribution >= 4 is 43.2 Å². The van der Waals surface area contributed by atoms with E-state index >= 15 is 0 Å². The first kappa shape index (κ1) is 30.9. The number of nitrogens with one attached hydrogen (secondary N) is 1. The van der Waals surface area contributed by atoms with Crippen LogP contribution in [0.5, 0.6) is 5.75 Å². The highest BCUT2D eigenvalue weighted by atomic mass is 35.5. The fourth-order valence-electron chi connectivity index (χ4n) is 3.81. The number of carbonyl (C=O) groups excluding carboxylic acids is 1. The summed E-state index contributed by atoms with van der Waals surface area (Å²) in [6.07, 6.45) is -4.06. The van der Waals surface area contributed by atoms with Gasteiger partial charge in [0.1, 0.15) is 18.4 Å². The van der Waals surface area contributed by atoms with Crippen LogP contribution in [0.2, 0.25) is 5.02 Å². The SMILES string of the molecule is C[C@@H](C(=O)NCCOc1ccc(S(=O)(=O)N2CCOCC2)cc1)N(c1ccc(Cl)c(C(F)(F)F)c1)S(C)(=O)=O. The van der Waals surface area contributed by atoms with Gasteiger partial charge in [-0.25, -0.2) is 16.8 Å². The highest BCUT2D eigenvalue weighted by Gasteiger charge is 2.36. The second-order valence-corrected chi connectivity index (χ2v) is 12.7. The number of anilines is 1. The van der Waals surface area contributed by atoms with E-state index in [1.165, 1.54) is 35.5 Å². The van der Waals surface area contributed by atoms with Crippen molar-refractivity contribution in [1.82, 2.24) is 9.62 Å². The van der Waals surface area contributed by atoms with E-state index in [4.69, 9.17) is 21.1 Å². The molecule has 1 N–H and O–H groups in total. The Morgan fingerprint density at radius 3 is 2.31 bits per heavy atom. The van der Waals surface area contributed by atoms with Gasteiger partial charge >= 0.3 is 6.18 Å². The molecule has 1 atom stereocenters. The summed E-state index contributed by atoms with van der Waals surface area (Å²) in [5, 5.41) is 1.87. The molecule has 0 spiro atoms. The lowest BCUT2D eigenvalue weighted by Gasteiger charge is -2.29. The van der Waals surface area contributed by atoms with Crippen LogP contribution in [0.3, 0.4) is 0 Å². The topological polar surface area (TPSA) is 122 Å². The van der Waals surface area contributed by atoms with Crippen molar-refractivity contribution in [2.24, 2.45) is 0 Å². The summed E-state index contributed by atoms with van der Waals surface area (Å²) in [5.74, 6) is -0.448. The fraction of sp³-hybridized carbons (Fsp3) is 0.435. The van der Waals surface area contributed by atoms with Crippen molar-refractivity contribution in [2.75, 3.05) is 50.0 Å². The number of benzene rings is 2. The molecule has 10 nitrogen and oxygen atoms in total. The number of hydrogen-bond donors (Lipinski definition) is 1. The lowest BCUT2D eigenvalue weighted by atomic mass is 10.1. The first-order valence-corrected chi connectivity index (χ1v) is 15.2. The second kappa shape index (κ2) is 12.3. The van der Waals surface area contributed by atoms with E-state index in [-0.39, 0.29) is 36.8 Å². The van der Waals surface area contributed by atoms with Gasteiger partial charge in [0, 0.05) is 13.1 Å². The van der Waals surface area contributed by atoms with Crippen LogP contribution in [0, 0.1) is 0 Å². The number of carbonyl (C=O) groups is 1. The zero-order valence-electron chi connectivity index (χ0n) is 20.9. The van der Waals surface area contributed by atoms with E-state index in [1.54, 1.807) is 0 Å². The van der Waals surface area contributed by atoms with Crippen molar-refractivity contribution < 1.29 is 44.3 Å². The molecule has 0 bridgehead atoms. The molecule has 16 heteroatoms. The summed E-state index contributed by atoms with van der Waals surface area (Å²) in [6.45, 7) is 2.28. The number of alkyl halides is 3. The predicted molar refractivity (Wildman–Crippen MR) is 138 cm³/mol. The van der Waals surface area contributed by atoms with Crippen LogP contribution in [0.1, 0.15) is 12.5 Å².